The lowest BCUT2D eigenvalue weighted by atomic mass is 9.91. The van der Waals surface area contributed by atoms with Gasteiger partial charge in [-0.3, -0.25) is 0 Å². The predicted molar refractivity (Wildman–Crippen MR) is 230 cm³/mol. The third-order valence-corrected chi connectivity index (χ3v) is 10.4. The van der Waals surface area contributed by atoms with Crippen molar-refractivity contribution in [3.05, 3.63) is 211 Å². The maximum atomic E-state index is 3.45. The molecule has 0 N–H and O–H groups in total. The molecule has 0 amide bonds. The molecule has 0 heteroatoms. The van der Waals surface area contributed by atoms with Gasteiger partial charge in [0.15, 0.2) is 0 Å². The van der Waals surface area contributed by atoms with E-state index >= 15 is 0 Å². The third kappa shape index (κ3) is 9.42. The highest BCUT2D eigenvalue weighted by Crippen LogP contribution is 2.23. The Morgan fingerprint density at radius 3 is 0.804 bits per heavy atom. The highest BCUT2D eigenvalue weighted by atomic mass is 14.1. The van der Waals surface area contributed by atoms with E-state index in [9.17, 15) is 0 Å². The summed E-state index contributed by atoms with van der Waals surface area (Å²) in [5.74, 6) is 38.6. The Morgan fingerprint density at radius 2 is 0.518 bits per heavy atom. The quantitative estimate of drug-likeness (QED) is 0.138. The summed E-state index contributed by atoms with van der Waals surface area (Å²) in [5, 5.41) is 0. The summed E-state index contributed by atoms with van der Waals surface area (Å²) in [5.41, 5.74) is 16.4. The number of benzene rings is 6. The first-order valence-corrected chi connectivity index (χ1v) is 19.4. The summed E-state index contributed by atoms with van der Waals surface area (Å²) in [6.45, 7) is 0. The minimum absolute atomic E-state index is 0.902. The van der Waals surface area contributed by atoms with E-state index < -0.39 is 0 Å². The maximum Gasteiger partial charge on any atom is 0.0290 e. The van der Waals surface area contributed by atoms with Gasteiger partial charge in [-0.1, -0.05) is 120 Å². The van der Waals surface area contributed by atoms with Crippen molar-refractivity contribution < 1.29 is 0 Å². The first-order chi connectivity index (χ1) is 27.7. The second kappa shape index (κ2) is 17.7. The van der Waals surface area contributed by atoms with E-state index in [0.717, 1.165) is 84.7 Å². The zero-order chi connectivity index (χ0) is 37.8. The molecule has 0 atom stereocenters. The zero-order valence-corrected chi connectivity index (χ0v) is 31.4. The molecule has 0 unspecified atom stereocenters. The number of hydrogen-bond acceptors (Lipinski definition) is 0. The van der Waals surface area contributed by atoms with Crippen LogP contribution in [-0.2, 0) is 51.4 Å². The van der Waals surface area contributed by atoms with Gasteiger partial charge in [-0.25, -0.2) is 0 Å². The molecule has 6 aromatic rings. The number of aryl methyl sites for hydroxylation is 8. The normalized spacial score (nSPS) is 11.9. The predicted octanol–water partition coefficient (Wildman–Crippen LogP) is 9.66. The van der Waals surface area contributed by atoms with Gasteiger partial charge in [0.05, 0.1) is 0 Å². The third-order valence-electron chi connectivity index (χ3n) is 10.4. The average Bonchev–Trinajstić information content (AvgIpc) is 3.23. The van der Waals surface area contributed by atoms with Crippen LogP contribution in [0.1, 0.15) is 77.9 Å². The molecule has 0 saturated heterocycles. The van der Waals surface area contributed by atoms with Gasteiger partial charge in [-0.05, 0) is 180 Å². The second-order valence-corrected chi connectivity index (χ2v) is 14.2. The largest absolute Gasteiger partial charge is 0.0622 e. The van der Waals surface area contributed by atoms with Crippen molar-refractivity contribution in [2.45, 2.75) is 51.4 Å². The van der Waals surface area contributed by atoms with Gasteiger partial charge < -0.3 is 0 Å². The molecule has 8 aliphatic rings. The van der Waals surface area contributed by atoms with Crippen LogP contribution in [0.4, 0.5) is 0 Å². The molecule has 0 heterocycles. The van der Waals surface area contributed by atoms with Gasteiger partial charge in [0.1, 0.15) is 0 Å². The van der Waals surface area contributed by atoms with Crippen molar-refractivity contribution in [1.29, 1.82) is 0 Å². The van der Waals surface area contributed by atoms with E-state index in [2.05, 4.69) is 144 Å². The molecule has 0 fully saturated rings. The van der Waals surface area contributed by atoms with Gasteiger partial charge >= 0.3 is 0 Å². The summed E-state index contributed by atoms with van der Waals surface area (Å²) >= 11 is 0. The molecule has 0 radical (unpaired) electrons. The van der Waals surface area contributed by atoms with Crippen LogP contribution in [0.2, 0.25) is 0 Å². The van der Waals surface area contributed by atoms with E-state index in [0.29, 0.717) is 0 Å². The molecule has 0 aromatic heterocycles. The van der Waals surface area contributed by atoms with Crippen molar-refractivity contribution in [1.82, 2.24) is 0 Å². The molecule has 8 bridgehead atoms. The monoisotopic (exact) mass is 710 g/mol. The number of hydrogen-bond donors (Lipinski definition) is 0. The molecule has 56 heavy (non-hydrogen) atoms. The van der Waals surface area contributed by atoms with E-state index in [1.54, 1.807) is 0 Å². The van der Waals surface area contributed by atoms with Crippen molar-refractivity contribution >= 4 is 0 Å². The van der Waals surface area contributed by atoms with Gasteiger partial charge in [0.2, 0.25) is 0 Å². The molecule has 0 aliphatic heterocycles. The van der Waals surface area contributed by atoms with Crippen LogP contribution in [0.3, 0.4) is 0 Å². The lowest BCUT2D eigenvalue weighted by Gasteiger charge is -2.13. The SMILES string of the molecule is C(C#Cc1cc2ccc1CCc1ccc(c(C#CC#Cc3cc4ccc3CCc3ccc(c(C#CC#Cc5ccccc5)c3)CC4)c1)CC2)#Cc1ccccc1. The molecule has 262 valence electrons. The zero-order valence-electron chi connectivity index (χ0n) is 31.4. The lowest BCUT2D eigenvalue weighted by molar-refractivity contribution is 0.915. The van der Waals surface area contributed by atoms with Crippen molar-refractivity contribution in [3.8, 4) is 71.0 Å². The van der Waals surface area contributed by atoms with Crippen LogP contribution in [0.25, 0.3) is 0 Å². The fourth-order valence-corrected chi connectivity index (χ4v) is 7.21. The molecule has 0 saturated carbocycles. The van der Waals surface area contributed by atoms with Crippen molar-refractivity contribution in [2.24, 2.45) is 0 Å². The van der Waals surface area contributed by atoms with Crippen LogP contribution < -0.4 is 0 Å². The molecule has 14 rings (SSSR count). The maximum absolute atomic E-state index is 3.45. The second-order valence-electron chi connectivity index (χ2n) is 14.2. The highest BCUT2D eigenvalue weighted by Gasteiger charge is 2.11. The molecule has 0 nitrogen and oxygen atoms in total. The summed E-state index contributed by atoms with van der Waals surface area (Å²) in [7, 11) is 0. The molecular formula is C56H38. The summed E-state index contributed by atoms with van der Waals surface area (Å²) < 4.78 is 0. The topological polar surface area (TPSA) is 0 Å². The summed E-state index contributed by atoms with van der Waals surface area (Å²) in [4.78, 5) is 0. The standard InChI is InChI=1S/C56H38/c1-3-13-43(14-4-1)17-7-9-19-53-39-45-23-31-49(53)33-25-47-29-37-51(35-27-45)55(41-47)21-11-12-22-56-42-48-26-34-50-32-24-46(28-36-52(56)38-30-48)40-54(50)20-10-8-18-44-15-5-2-6-16-44/h1-6,13-16,23-24,29-32,37-42H,25-28,33-36H2. The molecule has 0 spiro atoms. The first kappa shape index (κ1) is 35.7. The van der Waals surface area contributed by atoms with Gasteiger partial charge in [-0.2, -0.15) is 0 Å². The Labute approximate surface area is 332 Å². The van der Waals surface area contributed by atoms with E-state index in [4.69, 9.17) is 0 Å². The van der Waals surface area contributed by atoms with Gasteiger partial charge in [0.25, 0.3) is 0 Å². The Bertz CT molecular complexity index is 2620. The summed E-state index contributed by atoms with van der Waals surface area (Å²) in [6.07, 6.45) is 7.28. The van der Waals surface area contributed by atoms with Gasteiger partial charge in [-0.15, -0.1) is 0 Å². The van der Waals surface area contributed by atoms with E-state index in [-0.39, 0.29) is 0 Å². The van der Waals surface area contributed by atoms with Crippen molar-refractivity contribution in [3.63, 3.8) is 0 Å². The molecule has 6 aromatic carbocycles. The van der Waals surface area contributed by atoms with E-state index in [1.165, 1.54) is 44.5 Å². The molecular weight excluding hydrogens is 673 g/mol. The minimum Gasteiger partial charge on any atom is -0.0622 e. The van der Waals surface area contributed by atoms with Crippen LogP contribution in [-0.4, -0.2) is 0 Å². The fourth-order valence-electron chi connectivity index (χ4n) is 7.21. The van der Waals surface area contributed by atoms with Crippen LogP contribution in [0.5, 0.6) is 0 Å². The Hall–Kier alpha value is -7.32. The minimum atomic E-state index is 0.902. The average molecular weight is 711 g/mol. The van der Waals surface area contributed by atoms with Crippen LogP contribution in [0.15, 0.2) is 133 Å². The Morgan fingerprint density at radius 1 is 0.250 bits per heavy atom. The molecule has 8 aliphatic carbocycles. The summed E-state index contributed by atoms with van der Waals surface area (Å²) in [6, 6.07) is 47.0. The first-order valence-electron chi connectivity index (χ1n) is 19.4. The lowest BCUT2D eigenvalue weighted by Crippen LogP contribution is -2.02. The number of rotatable bonds is 0. The smallest absolute Gasteiger partial charge is 0.0290 e. The fraction of sp³-hybridized carbons (Fsp3) is 0.143. The Balaban J connectivity index is 0.974. The van der Waals surface area contributed by atoms with Crippen LogP contribution >= 0.6 is 0 Å². The van der Waals surface area contributed by atoms with E-state index in [1.807, 2.05) is 60.7 Å². The highest BCUT2D eigenvalue weighted by molar-refractivity contribution is 5.54. The Kier molecular flexibility index (Phi) is 11.3. The van der Waals surface area contributed by atoms with Gasteiger partial charge in [0, 0.05) is 33.4 Å². The van der Waals surface area contributed by atoms with Crippen LogP contribution in [0, 0.1) is 71.0 Å². The van der Waals surface area contributed by atoms with Crippen molar-refractivity contribution in [2.75, 3.05) is 0 Å².